The molecule has 2 N–H and O–H groups in total. The number of nitrogens with zero attached hydrogens (tertiary/aromatic N) is 2. The molecule has 1 amide bonds. The Hall–Kier alpha value is -2.83. The van der Waals surface area contributed by atoms with Crippen LogP contribution in [0.3, 0.4) is 0 Å². The molecular formula is C23H25ClN4O2. The average molecular weight is 425 g/mol. The second-order valence-corrected chi connectivity index (χ2v) is 7.98. The lowest BCUT2D eigenvalue weighted by atomic mass is 9.96. The van der Waals surface area contributed by atoms with Gasteiger partial charge < -0.3 is 15.1 Å². The van der Waals surface area contributed by atoms with Gasteiger partial charge in [-0.05, 0) is 68.2 Å². The van der Waals surface area contributed by atoms with Gasteiger partial charge in [-0.25, -0.2) is 4.98 Å². The van der Waals surface area contributed by atoms with Gasteiger partial charge in [-0.15, -0.1) is 0 Å². The molecule has 156 valence electrons. The van der Waals surface area contributed by atoms with E-state index in [1.54, 1.807) is 18.4 Å². The fourth-order valence-electron chi connectivity index (χ4n) is 3.69. The molecule has 3 aromatic rings. The minimum Gasteiger partial charge on any atom is -0.468 e. The van der Waals surface area contributed by atoms with Crippen LogP contribution >= 0.6 is 11.6 Å². The van der Waals surface area contributed by atoms with Gasteiger partial charge in [-0.1, -0.05) is 23.7 Å². The highest BCUT2D eigenvalue weighted by atomic mass is 35.5. The Bertz CT molecular complexity index is 952. The second-order valence-electron chi connectivity index (χ2n) is 7.54. The third-order valence-electron chi connectivity index (χ3n) is 5.39. The van der Waals surface area contributed by atoms with Gasteiger partial charge in [0.1, 0.15) is 11.6 Å². The first-order valence-corrected chi connectivity index (χ1v) is 10.6. The third kappa shape index (κ3) is 5.40. The molecule has 1 aliphatic heterocycles. The van der Waals surface area contributed by atoms with Crippen molar-refractivity contribution in [2.75, 3.05) is 30.3 Å². The van der Waals surface area contributed by atoms with Crippen molar-refractivity contribution in [3.8, 4) is 0 Å². The van der Waals surface area contributed by atoms with Gasteiger partial charge in [0.25, 0.3) is 5.91 Å². The molecule has 0 aliphatic carbocycles. The number of benzene rings is 1. The van der Waals surface area contributed by atoms with Crippen molar-refractivity contribution in [3.63, 3.8) is 0 Å². The number of likely N-dealkylation sites (tertiary alicyclic amines) is 1. The lowest BCUT2D eigenvalue weighted by molar-refractivity contribution is 0.102. The van der Waals surface area contributed by atoms with Crippen molar-refractivity contribution >= 4 is 29.0 Å². The van der Waals surface area contributed by atoms with Crippen molar-refractivity contribution in [2.45, 2.75) is 19.4 Å². The Morgan fingerprint density at radius 2 is 1.97 bits per heavy atom. The van der Waals surface area contributed by atoms with E-state index in [2.05, 4.69) is 20.5 Å². The van der Waals surface area contributed by atoms with Crippen molar-refractivity contribution in [1.82, 2.24) is 9.88 Å². The van der Waals surface area contributed by atoms with Crippen LogP contribution in [0.2, 0.25) is 5.02 Å². The van der Waals surface area contributed by atoms with Gasteiger partial charge in [-0.2, -0.15) is 0 Å². The summed E-state index contributed by atoms with van der Waals surface area (Å²) in [4.78, 5) is 19.3. The van der Waals surface area contributed by atoms with Crippen LogP contribution in [0, 0.1) is 5.92 Å². The zero-order valence-corrected chi connectivity index (χ0v) is 17.4. The molecule has 2 aromatic heterocycles. The maximum atomic E-state index is 12.7. The predicted octanol–water partition coefficient (Wildman–Crippen LogP) is 4.90. The number of para-hydroxylation sites is 1. The van der Waals surface area contributed by atoms with Crippen molar-refractivity contribution in [2.24, 2.45) is 5.92 Å². The number of halogens is 1. The van der Waals surface area contributed by atoms with E-state index in [4.69, 9.17) is 16.0 Å². The molecule has 3 heterocycles. The zero-order chi connectivity index (χ0) is 20.8. The number of hydrogen-bond donors (Lipinski definition) is 2. The van der Waals surface area contributed by atoms with Crippen LogP contribution in [-0.2, 0) is 6.54 Å². The lowest BCUT2D eigenvalue weighted by Crippen LogP contribution is -2.35. The molecular weight excluding hydrogens is 400 g/mol. The van der Waals surface area contributed by atoms with Crippen LogP contribution in [0.1, 0.15) is 29.0 Å². The van der Waals surface area contributed by atoms with Crippen LogP contribution in [0.4, 0.5) is 11.5 Å². The van der Waals surface area contributed by atoms with Gasteiger partial charge in [0.15, 0.2) is 0 Å². The molecule has 0 spiro atoms. The fourth-order valence-corrected chi connectivity index (χ4v) is 3.81. The topological polar surface area (TPSA) is 70.4 Å². The number of pyridine rings is 1. The Balaban J connectivity index is 1.30. The molecule has 1 saturated heterocycles. The van der Waals surface area contributed by atoms with Crippen LogP contribution in [-0.4, -0.2) is 35.4 Å². The molecule has 1 aromatic carbocycles. The predicted molar refractivity (Wildman–Crippen MR) is 119 cm³/mol. The molecule has 1 aliphatic rings. The van der Waals surface area contributed by atoms with Gasteiger partial charge in [0, 0.05) is 18.4 Å². The van der Waals surface area contributed by atoms with Gasteiger partial charge in [0.05, 0.1) is 23.4 Å². The van der Waals surface area contributed by atoms with E-state index in [0.29, 0.717) is 22.3 Å². The molecule has 4 rings (SSSR count). The maximum absolute atomic E-state index is 12.7. The number of furan rings is 1. The summed E-state index contributed by atoms with van der Waals surface area (Å²) >= 11 is 5.86. The number of carbonyl (C=O) groups is 1. The average Bonchev–Trinajstić information content (AvgIpc) is 3.28. The number of rotatable bonds is 7. The lowest BCUT2D eigenvalue weighted by Gasteiger charge is -2.31. The minimum atomic E-state index is -0.193. The standard InChI is InChI=1S/C23H25ClN4O2/c24-18-7-8-22(26-15-18)27-23(29)20-5-1-2-6-21(20)25-14-17-9-11-28(12-10-17)16-19-4-3-13-30-19/h1-8,13,15,17,25H,9-12,14,16H2,(H,26,27,29). The monoisotopic (exact) mass is 424 g/mol. The SMILES string of the molecule is O=C(Nc1ccc(Cl)cn1)c1ccccc1NCC1CCN(Cc2ccco2)CC1. The number of carbonyl (C=O) groups excluding carboxylic acids is 1. The summed E-state index contributed by atoms with van der Waals surface area (Å²) in [5.74, 6) is 1.87. The van der Waals surface area contributed by atoms with Crippen LogP contribution in [0.25, 0.3) is 0 Å². The summed E-state index contributed by atoms with van der Waals surface area (Å²) in [6, 6.07) is 14.9. The Morgan fingerprint density at radius 3 is 2.70 bits per heavy atom. The normalized spacial score (nSPS) is 15.1. The van der Waals surface area contributed by atoms with Crippen LogP contribution in [0.5, 0.6) is 0 Å². The molecule has 1 fully saturated rings. The van der Waals surface area contributed by atoms with E-state index in [1.165, 1.54) is 6.20 Å². The van der Waals surface area contributed by atoms with Gasteiger partial charge in [0.2, 0.25) is 0 Å². The number of nitrogens with one attached hydrogen (secondary N) is 2. The largest absolute Gasteiger partial charge is 0.468 e. The summed E-state index contributed by atoms with van der Waals surface area (Å²) in [6.07, 6.45) is 5.48. The molecule has 0 saturated carbocycles. The molecule has 0 radical (unpaired) electrons. The first-order chi connectivity index (χ1) is 14.7. The van der Waals surface area contributed by atoms with E-state index >= 15 is 0 Å². The number of amides is 1. The van der Waals surface area contributed by atoms with Crippen LogP contribution in [0.15, 0.2) is 65.4 Å². The molecule has 0 atom stereocenters. The van der Waals surface area contributed by atoms with Crippen molar-refractivity contribution in [1.29, 1.82) is 0 Å². The van der Waals surface area contributed by atoms with Crippen LogP contribution < -0.4 is 10.6 Å². The van der Waals surface area contributed by atoms with E-state index in [0.717, 1.165) is 50.5 Å². The highest BCUT2D eigenvalue weighted by Crippen LogP contribution is 2.22. The number of anilines is 2. The van der Waals surface area contributed by atoms with Crippen molar-refractivity contribution in [3.05, 3.63) is 77.3 Å². The summed E-state index contributed by atoms with van der Waals surface area (Å²) in [5.41, 5.74) is 1.44. The minimum absolute atomic E-state index is 0.193. The van der Waals surface area contributed by atoms with Crippen molar-refractivity contribution < 1.29 is 9.21 Å². The summed E-state index contributed by atoms with van der Waals surface area (Å²) < 4.78 is 5.45. The Kier molecular flexibility index (Phi) is 6.67. The van der Waals surface area contributed by atoms with E-state index < -0.39 is 0 Å². The molecule has 0 bridgehead atoms. The summed E-state index contributed by atoms with van der Waals surface area (Å²) in [5, 5.41) is 6.84. The zero-order valence-electron chi connectivity index (χ0n) is 16.7. The number of hydrogen-bond acceptors (Lipinski definition) is 5. The smallest absolute Gasteiger partial charge is 0.258 e. The number of piperidine rings is 1. The Labute approximate surface area is 181 Å². The Morgan fingerprint density at radius 1 is 1.13 bits per heavy atom. The van der Waals surface area contributed by atoms with E-state index in [1.807, 2.05) is 36.4 Å². The summed E-state index contributed by atoms with van der Waals surface area (Å²) in [6.45, 7) is 3.82. The molecule has 6 nitrogen and oxygen atoms in total. The number of aromatic nitrogens is 1. The molecule has 30 heavy (non-hydrogen) atoms. The maximum Gasteiger partial charge on any atom is 0.258 e. The van der Waals surface area contributed by atoms with E-state index in [-0.39, 0.29) is 5.91 Å². The second kappa shape index (κ2) is 9.78. The molecule has 7 heteroatoms. The molecule has 0 unspecified atom stereocenters. The van der Waals surface area contributed by atoms with Gasteiger partial charge >= 0.3 is 0 Å². The first kappa shape index (κ1) is 20.4. The van der Waals surface area contributed by atoms with E-state index in [9.17, 15) is 4.79 Å². The quantitative estimate of drug-likeness (QED) is 0.564. The third-order valence-corrected chi connectivity index (χ3v) is 5.61. The highest BCUT2D eigenvalue weighted by molar-refractivity contribution is 6.30. The summed E-state index contributed by atoms with van der Waals surface area (Å²) in [7, 11) is 0. The first-order valence-electron chi connectivity index (χ1n) is 10.2. The fraction of sp³-hybridized carbons (Fsp3) is 0.304. The van der Waals surface area contributed by atoms with Gasteiger partial charge in [-0.3, -0.25) is 9.69 Å². The highest BCUT2D eigenvalue weighted by Gasteiger charge is 2.20.